The Morgan fingerprint density at radius 1 is 1.40 bits per heavy atom. The Morgan fingerprint density at radius 3 is 2.55 bits per heavy atom. The molecule has 1 N–H and O–H groups in total. The highest BCUT2D eigenvalue weighted by Crippen LogP contribution is 2.25. The van der Waals surface area contributed by atoms with Crippen LogP contribution in [0.15, 0.2) is 22.7 Å². The molecule has 0 unspecified atom stereocenters. The van der Waals surface area contributed by atoms with Gasteiger partial charge in [-0.25, -0.2) is 4.79 Å². The van der Waals surface area contributed by atoms with E-state index in [1.807, 2.05) is 13.8 Å². The summed E-state index contributed by atoms with van der Waals surface area (Å²) in [6.45, 7) is 3.76. The van der Waals surface area contributed by atoms with Crippen molar-refractivity contribution in [3.05, 3.63) is 46.3 Å². The monoisotopic (exact) mass is 272 g/mol. The fourth-order valence-electron chi connectivity index (χ4n) is 1.87. The lowest BCUT2D eigenvalue weighted by Gasteiger charge is -2.11. The first-order chi connectivity index (χ1) is 9.51. The van der Waals surface area contributed by atoms with Gasteiger partial charge in [0.2, 0.25) is 0 Å². The molecule has 0 atom stereocenters. The van der Waals surface area contributed by atoms with Crippen molar-refractivity contribution in [2.75, 3.05) is 0 Å². The Labute approximate surface area is 115 Å². The molecule has 6 nitrogen and oxygen atoms in total. The number of hydrogen-bond acceptors (Lipinski definition) is 5. The Hall–Kier alpha value is -2.81. The molecule has 0 aliphatic heterocycles. The van der Waals surface area contributed by atoms with Crippen molar-refractivity contribution in [1.82, 2.24) is 5.16 Å². The molecule has 0 spiro atoms. The van der Waals surface area contributed by atoms with Crippen LogP contribution < -0.4 is 4.74 Å². The molecule has 20 heavy (non-hydrogen) atoms. The van der Waals surface area contributed by atoms with Crippen LogP contribution >= 0.6 is 0 Å². The molecule has 6 heteroatoms. The van der Waals surface area contributed by atoms with Crippen LogP contribution in [-0.4, -0.2) is 16.2 Å². The average Bonchev–Trinajstić information content (AvgIpc) is 2.86. The summed E-state index contributed by atoms with van der Waals surface area (Å²) in [5.74, 6) is -0.173. The second kappa shape index (κ2) is 5.45. The summed E-state index contributed by atoms with van der Waals surface area (Å²) in [7, 11) is 0. The normalized spacial score (nSPS) is 10.1. The minimum Gasteiger partial charge on any atom is -0.485 e. The maximum Gasteiger partial charge on any atom is 0.358 e. The van der Waals surface area contributed by atoms with Crippen molar-refractivity contribution >= 4 is 5.97 Å². The molecule has 1 heterocycles. The third kappa shape index (κ3) is 2.78. The predicted molar refractivity (Wildman–Crippen MR) is 68.4 cm³/mol. The number of rotatable bonds is 4. The molecule has 1 aromatic heterocycles. The second-order valence-electron chi connectivity index (χ2n) is 4.32. The minimum absolute atomic E-state index is 0.0772. The maximum absolute atomic E-state index is 10.7. The molecular formula is C14H12N2O4. The second-order valence-corrected chi connectivity index (χ2v) is 4.32. The topological polar surface area (TPSA) is 96.3 Å². The van der Waals surface area contributed by atoms with E-state index in [9.17, 15) is 4.79 Å². The number of aromatic carboxylic acids is 1. The number of aromatic nitrogens is 1. The molecular weight excluding hydrogens is 260 g/mol. The lowest BCUT2D eigenvalue weighted by atomic mass is 10.1. The SMILES string of the molecule is Cc1cc(C#N)cc(C)c1OCc1cc(C(=O)O)no1. The van der Waals surface area contributed by atoms with Gasteiger partial charge < -0.3 is 14.4 Å². The first kappa shape index (κ1) is 13.6. The predicted octanol–water partition coefficient (Wildman–Crippen LogP) is 2.44. The first-order valence-corrected chi connectivity index (χ1v) is 5.84. The van der Waals surface area contributed by atoms with E-state index in [1.165, 1.54) is 6.07 Å². The first-order valence-electron chi connectivity index (χ1n) is 5.84. The molecule has 0 bridgehead atoms. The largest absolute Gasteiger partial charge is 0.485 e. The van der Waals surface area contributed by atoms with E-state index in [0.29, 0.717) is 17.1 Å². The van der Waals surface area contributed by atoms with Crippen molar-refractivity contribution < 1.29 is 19.2 Å². The summed E-state index contributed by atoms with van der Waals surface area (Å²) in [5, 5.41) is 21.0. The summed E-state index contributed by atoms with van der Waals surface area (Å²) in [6.07, 6.45) is 0. The van der Waals surface area contributed by atoms with Gasteiger partial charge in [0.25, 0.3) is 0 Å². The standard InChI is InChI=1S/C14H12N2O4/c1-8-3-10(6-15)4-9(2)13(8)19-7-11-5-12(14(17)18)16-20-11/h3-5H,7H2,1-2H3,(H,17,18). The zero-order valence-corrected chi connectivity index (χ0v) is 11.0. The van der Waals surface area contributed by atoms with Gasteiger partial charge >= 0.3 is 5.97 Å². The molecule has 2 rings (SSSR count). The van der Waals surface area contributed by atoms with Crippen LogP contribution in [0.1, 0.15) is 32.9 Å². The van der Waals surface area contributed by atoms with Gasteiger partial charge in [-0.2, -0.15) is 5.26 Å². The third-order valence-corrected chi connectivity index (χ3v) is 2.73. The Bertz CT molecular complexity index is 674. The number of carboxylic acids is 1. The fraction of sp³-hybridized carbons (Fsp3) is 0.214. The molecule has 2 aromatic rings. The summed E-state index contributed by atoms with van der Waals surface area (Å²) in [4.78, 5) is 10.7. The molecule has 0 saturated carbocycles. The van der Waals surface area contributed by atoms with Gasteiger partial charge in [-0.3, -0.25) is 0 Å². The number of aryl methyl sites for hydroxylation is 2. The minimum atomic E-state index is -1.15. The number of carboxylic acid groups (broad SMARTS) is 1. The van der Waals surface area contributed by atoms with Gasteiger partial charge in [0.15, 0.2) is 11.5 Å². The average molecular weight is 272 g/mol. The number of nitrogens with zero attached hydrogens (tertiary/aromatic N) is 2. The van der Waals surface area contributed by atoms with Crippen LogP contribution in [0.4, 0.5) is 0 Å². The van der Waals surface area contributed by atoms with Crippen LogP contribution in [0.3, 0.4) is 0 Å². The Balaban J connectivity index is 2.14. The van der Waals surface area contributed by atoms with E-state index in [-0.39, 0.29) is 12.3 Å². The van der Waals surface area contributed by atoms with Crippen molar-refractivity contribution in [1.29, 1.82) is 5.26 Å². The molecule has 0 saturated heterocycles. The number of hydrogen-bond donors (Lipinski definition) is 1. The quantitative estimate of drug-likeness (QED) is 0.918. The van der Waals surface area contributed by atoms with E-state index >= 15 is 0 Å². The van der Waals surface area contributed by atoms with E-state index < -0.39 is 5.97 Å². The van der Waals surface area contributed by atoms with Gasteiger partial charge in [-0.15, -0.1) is 0 Å². The van der Waals surface area contributed by atoms with Crippen molar-refractivity contribution in [3.8, 4) is 11.8 Å². The van der Waals surface area contributed by atoms with Crippen molar-refractivity contribution in [2.24, 2.45) is 0 Å². The van der Waals surface area contributed by atoms with Gasteiger partial charge in [0.05, 0.1) is 11.6 Å². The van der Waals surface area contributed by atoms with Gasteiger partial charge in [-0.1, -0.05) is 5.16 Å². The summed E-state index contributed by atoms with van der Waals surface area (Å²) >= 11 is 0. The highest BCUT2D eigenvalue weighted by atomic mass is 16.5. The molecule has 0 aliphatic carbocycles. The molecule has 0 radical (unpaired) electrons. The van der Waals surface area contributed by atoms with Crippen LogP contribution in [0.2, 0.25) is 0 Å². The van der Waals surface area contributed by atoms with E-state index in [4.69, 9.17) is 19.6 Å². The van der Waals surface area contributed by atoms with E-state index in [0.717, 1.165) is 11.1 Å². The van der Waals surface area contributed by atoms with E-state index in [2.05, 4.69) is 11.2 Å². The van der Waals surface area contributed by atoms with Crippen LogP contribution in [-0.2, 0) is 6.61 Å². The van der Waals surface area contributed by atoms with Gasteiger partial charge in [0, 0.05) is 6.07 Å². The van der Waals surface area contributed by atoms with Crippen molar-refractivity contribution in [3.63, 3.8) is 0 Å². The highest BCUT2D eigenvalue weighted by molar-refractivity contribution is 5.85. The van der Waals surface area contributed by atoms with Crippen LogP contribution in [0, 0.1) is 25.2 Å². The number of ether oxygens (including phenoxy) is 1. The lowest BCUT2D eigenvalue weighted by molar-refractivity contribution is 0.0685. The van der Waals surface area contributed by atoms with Crippen molar-refractivity contribution in [2.45, 2.75) is 20.5 Å². The van der Waals surface area contributed by atoms with Crippen LogP contribution in [0.5, 0.6) is 5.75 Å². The zero-order valence-electron chi connectivity index (χ0n) is 11.0. The lowest BCUT2D eigenvalue weighted by Crippen LogP contribution is -1.99. The van der Waals surface area contributed by atoms with Gasteiger partial charge in [-0.05, 0) is 37.1 Å². The Kier molecular flexibility index (Phi) is 3.71. The molecule has 102 valence electrons. The zero-order chi connectivity index (χ0) is 14.7. The molecule has 0 amide bonds. The third-order valence-electron chi connectivity index (χ3n) is 2.73. The summed E-state index contributed by atoms with van der Waals surface area (Å²) in [5.41, 5.74) is 2.08. The molecule has 0 fully saturated rings. The number of nitriles is 1. The smallest absolute Gasteiger partial charge is 0.358 e. The Morgan fingerprint density at radius 2 is 2.05 bits per heavy atom. The fourth-order valence-corrected chi connectivity index (χ4v) is 1.87. The van der Waals surface area contributed by atoms with Gasteiger partial charge in [0.1, 0.15) is 12.4 Å². The summed E-state index contributed by atoms with van der Waals surface area (Å²) in [6, 6.07) is 6.85. The molecule has 1 aromatic carbocycles. The van der Waals surface area contributed by atoms with E-state index in [1.54, 1.807) is 12.1 Å². The number of carbonyl (C=O) groups is 1. The molecule has 0 aliphatic rings. The highest BCUT2D eigenvalue weighted by Gasteiger charge is 2.12. The van der Waals surface area contributed by atoms with Crippen LogP contribution in [0.25, 0.3) is 0 Å². The maximum atomic E-state index is 10.7. The number of benzene rings is 1. The summed E-state index contributed by atoms with van der Waals surface area (Å²) < 4.78 is 10.5.